The Hall–Kier alpha value is -2.37. The van der Waals surface area contributed by atoms with Crippen LogP contribution in [0.5, 0.6) is 5.75 Å². The van der Waals surface area contributed by atoms with Gasteiger partial charge in [-0.05, 0) is 50.7 Å². The van der Waals surface area contributed by atoms with Crippen LogP contribution in [0, 0.1) is 5.92 Å². The van der Waals surface area contributed by atoms with Crippen molar-refractivity contribution in [3.05, 3.63) is 36.9 Å². The molecule has 0 spiro atoms. The molecular weight excluding hydrogens is 304 g/mol. The highest BCUT2D eigenvalue weighted by Crippen LogP contribution is 2.39. The molecule has 4 rings (SSSR count). The topological polar surface area (TPSA) is 60.2 Å². The van der Waals surface area contributed by atoms with Gasteiger partial charge in [-0.1, -0.05) is 6.07 Å². The molecule has 0 aliphatic heterocycles. The van der Waals surface area contributed by atoms with Crippen molar-refractivity contribution in [2.45, 2.75) is 44.7 Å². The van der Waals surface area contributed by atoms with Crippen LogP contribution in [-0.2, 0) is 4.79 Å². The van der Waals surface area contributed by atoms with E-state index < -0.39 is 0 Å². The molecule has 2 aliphatic rings. The van der Waals surface area contributed by atoms with Crippen LogP contribution in [0.15, 0.2) is 36.9 Å². The molecule has 0 bridgehead atoms. The van der Waals surface area contributed by atoms with Crippen LogP contribution in [0.2, 0.25) is 0 Å². The summed E-state index contributed by atoms with van der Waals surface area (Å²) in [6.45, 7) is 2.27. The van der Waals surface area contributed by atoms with Crippen molar-refractivity contribution in [1.82, 2.24) is 19.7 Å². The smallest absolute Gasteiger partial charge is 0.261 e. The molecular formula is C18H22N4O2. The lowest BCUT2D eigenvalue weighted by Crippen LogP contribution is -2.44. The van der Waals surface area contributed by atoms with Crippen LogP contribution in [0.3, 0.4) is 0 Å². The number of carbonyl (C=O) groups is 1. The number of carbonyl (C=O) groups excluding carboxylic acids is 1. The highest BCUT2D eigenvalue weighted by molar-refractivity contribution is 5.79. The van der Waals surface area contributed by atoms with Crippen LogP contribution in [0.4, 0.5) is 0 Å². The zero-order chi connectivity index (χ0) is 16.5. The maximum atomic E-state index is 12.7. The largest absolute Gasteiger partial charge is 0.484 e. The third kappa shape index (κ3) is 3.27. The highest BCUT2D eigenvalue weighted by atomic mass is 16.5. The van der Waals surface area contributed by atoms with E-state index in [2.05, 4.69) is 21.9 Å². The molecule has 1 aromatic carbocycles. The molecule has 1 aromatic heterocycles. The van der Waals surface area contributed by atoms with Crippen molar-refractivity contribution in [1.29, 1.82) is 0 Å². The maximum Gasteiger partial charge on any atom is 0.261 e. The average molecular weight is 326 g/mol. The molecule has 2 aliphatic carbocycles. The van der Waals surface area contributed by atoms with Crippen molar-refractivity contribution in [2.24, 2.45) is 5.92 Å². The van der Waals surface area contributed by atoms with Crippen LogP contribution < -0.4 is 4.74 Å². The lowest BCUT2D eigenvalue weighted by Gasteiger charge is -2.29. The molecule has 0 radical (unpaired) electrons. The number of amides is 1. The number of hydrogen-bond donors (Lipinski definition) is 0. The van der Waals surface area contributed by atoms with Gasteiger partial charge in [0, 0.05) is 18.2 Å². The standard InChI is InChI=1S/C18H22N4O2/c1-13(14-5-6-14)22(15-7-8-15)18(23)10-24-17-4-2-3-16(9-17)21-12-19-11-20-21/h2-4,9,11-15H,5-8,10H2,1H3. The minimum atomic E-state index is 0.0916. The van der Waals surface area contributed by atoms with Gasteiger partial charge in [-0.2, -0.15) is 5.10 Å². The van der Waals surface area contributed by atoms with Crippen molar-refractivity contribution >= 4 is 5.91 Å². The summed E-state index contributed by atoms with van der Waals surface area (Å²) < 4.78 is 7.43. The fourth-order valence-electron chi connectivity index (χ4n) is 3.20. The molecule has 126 valence electrons. The molecule has 1 atom stereocenters. The second-order valence-electron chi connectivity index (χ2n) is 6.74. The van der Waals surface area contributed by atoms with Crippen LogP contribution in [0.1, 0.15) is 32.6 Å². The number of benzene rings is 1. The van der Waals surface area contributed by atoms with Crippen LogP contribution in [-0.4, -0.2) is 44.3 Å². The summed E-state index contributed by atoms with van der Waals surface area (Å²) in [4.78, 5) is 18.7. The van der Waals surface area contributed by atoms with E-state index in [0.717, 1.165) is 18.5 Å². The molecule has 6 heteroatoms. The minimum Gasteiger partial charge on any atom is -0.484 e. The van der Waals surface area contributed by atoms with Gasteiger partial charge in [-0.15, -0.1) is 0 Å². The third-order valence-electron chi connectivity index (χ3n) is 4.83. The lowest BCUT2D eigenvalue weighted by atomic mass is 10.1. The van der Waals surface area contributed by atoms with Gasteiger partial charge in [0.15, 0.2) is 6.61 Å². The predicted molar refractivity (Wildman–Crippen MR) is 88.9 cm³/mol. The first-order valence-electron chi connectivity index (χ1n) is 8.61. The normalized spacial score (nSPS) is 18.2. The van der Waals surface area contributed by atoms with E-state index in [4.69, 9.17) is 4.74 Å². The summed E-state index contributed by atoms with van der Waals surface area (Å²) in [7, 11) is 0. The molecule has 1 heterocycles. The predicted octanol–water partition coefficient (Wildman–Crippen LogP) is 2.44. The molecule has 0 saturated heterocycles. The molecule has 24 heavy (non-hydrogen) atoms. The first-order valence-corrected chi connectivity index (χ1v) is 8.61. The maximum absolute atomic E-state index is 12.7. The average Bonchev–Trinajstić information content (AvgIpc) is 3.53. The fraction of sp³-hybridized carbons (Fsp3) is 0.500. The summed E-state index contributed by atoms with van der Waals surface area (Å²) in [5, 5.41) is 4.11. The van der Waals surface area contributed by atoms with Gasteiger partial charge >= 0.3 is 0 Å². The summed E-state index contributed by atoms with van der Waals surface area (Å²) in [6, 6.07) is 8.32. The van der Waals surface area contributed by atoms with E-state index in [1.54, 1.807) is 11.0 Å². The first kappa shape index (κ1) is 15.2. The highest BCUT2D eigenvalue weighted by Gasteiger charge is 2.41. The zero-order valence-electron chi connectivity index (χ0n) is 13.8. The van der Waals surface area contributed by atoms with Gasteiger partial charge < -0.3 is 9.64 Å². The first-order chi connectivity index (χ1) is 11.7. The van der Waals surface area contributed by atoms with Crippen molar-refractivity contribution in [2.75, 3.05) is 6.61 Å². The molecule has 2 fully saturated rings. The minimum absolute atomic E-state index is 0.0916. The quantitative estimate of drug-likeness (QED) is 0.784. The molecule has 0 N–H and O–H groups in total. The molecule has 1 unspecified atom stereocenters. The summed E-state index contributed by atoms with van der Waals surface area (Å²) >= 11 is 0. The summed E-state index contributed by atoms with van der Waals surface area (Å²) in [5.41, 5.74) is 0.864. The van der Waals surface area contributed by atoms with E-state index in [-0.39, 0.29) is 12.5 Å². The second-order valence-corrected chi connectivity index (χ2v) is 6.74. The van der Waals surface area contributed by atoms with Gasteiger partial charge in [0.1, 0.15) is 18.4 Å². The molecule has 2 aromatic rings. The third-order valence-corrected chi connectivity index (χ3v) is 4.83. The zero-order valence-corrected chi connectivity index (χ0v) is 13.8. The Morgan fingerprint density at radius 1 is 1.38 bits per heavy atom. The van der Waals surface area contributed by atoms with Crippen molar-refractivity contribution in [3.8, 4) is 11.4 Å². The second kappa shape index (κ2) is 6.26. The van der Waals surface area contributed by atoms with E-state index >= 15 is 0 Å². The van der Waals surface area contributed by atoms with Gasteiger partial charge in [0.2, 0.25) is 0 Å². The Morgan fingerprint density at radius 2 is 2.21 bits per heavy atom. The Bertz CT molecular complexity index is 708. The number of aromatic nitrogens is 3. The Kier molecular flexibility index (Phi) is 3.96. The number of ether oxygens (including phenoxy) is 1. The van der Waals surface area contributed by atoms with Crippen LogP contribution >= 0.6 is 0 Å². The van der Waals surface area contributed by atoms with E-state index in [1.165, 1.54) is 19.2 Å². The number of nitrogens with zero attached hydrogens (tertiary/aromatic N) is 4. The Balaban J connectivity index is 1.40. The van der Waals surface area contributed by atoms with Gasteiger partial charge in [-0.25, -0.2) is 9.67 Å². The molecule has 1 amide bonds. The van der Waals surface area contributed by atoms with Crippen LogP contribution in [0.25, 0.3) is 5.69 Å². The lowest BCUT2D eigenvalue weighted by molar-refractivity contribution is -0.136. The van der Waals surface area contributed by atoms with Gasteiger partial charge in [0.05, 0.1) is 5.69 Å². The molecule has 6 nitrogen and oxygen atoms in total. The van der Waals surface area contributed by atoms with Crippen molar-refractivity contribution in [3.63, 3.8) is 0 Å². The monoisotopic (exact) mass is 326 g/mol. The summed E-state index contributed by atoms with van der Waals surface area (Å²) in [5.74, 6) is 1.46. The van der Waals surface area contributed by atoms with E-state index in [0.29, 0.717) is 23.8 Å². The number of rotatable bonds is 7. The Morgan fingerprint density at radius 3 is 2.88 bits per heavy atom. The van der Waals surface area contributed by atoms with Gasteiger partial charge in [-0.3, -0.25) is 4.79 Å². The van der Waals surface area contributed by atoms with Crippen molar-refractivity contribution < 1.29 is 9.53 Å². The summed E-state index contributed by atoms with van der Waals surface area (Å²) in [6.07, 6.45) is 7.88. The number of hydrogen-bond acceptors (Lipinski definition) is 4. The van der Waals surface area contributed by atoms with E-state index in [9.17, 15) is 4.79 Å². The molecule has 2 saturated carbocycles. The van der Waals surface area contributed by atoms with Gasteiger partial charge in [0.25, 0.3) is 5.91 Å². The SMILES string of the molecule is CC(C1CC1)N(C(=O)COc1cccc(-n2cncn2)c1)C1CC1. The fourth-order valence-corrected chi connectivity index (χ4v) is 3.20. The van der Waals surface area contributed by atoms with E-state index in [1.807, 2.05) is 24.3 Å². The Labute approximate surface area is 141 Å².